The van der Waals surface area contributed by atoms with E-state index >= 15 is 0 Å². The molecule has 0 radical (unpaired) electrons. The number of rotatable bonds is 9. The summed E-state index contributed by atoms with van der Waals surface area (Å²) in [6.45, 7) is 3.45. The maximum Gasteiger partial charge on any atom is 0.170 e. The maximum atomic E-state index is 4.32. The Labute approximate surface area is 185 Å². The van der Waals surface area contributed by atoms with Crippen molar-refractivity contribution in [3.63, 3.8) is 0 Å². The summed E-state index contributed by atoms with van der Waals surface area (Å²) in [5.74, 6) is 1.06. The van der Waals surface area contributed by atoms with Gasteiger partial charge in [-0.15, -0.1) is 0 Å². The number of allylic oxidation sites excluding steroid dienone is 5. The number of hydrogen-bond acceptors (Lipinski definition) is 6. The number of hydrogen-bond donors (Lipinski definition) is 1. The molecule has 0 bridgehead atoms. The summed E-state index contributed by atoms with van der Waals surface area (Å²) < 4.78 is 4.96. The highest BCUT2D eigenvalue weighted by Gasteiger charge is 2.41. The molecule has 1 N–H and O–H groups in total. The van der Waals surface area contributed by atoms with Crippen LogP contribution < -0.4 is 15.3 Å². The van der Waals surface area contributed by atoms with E-state index in [1.807, 2.05) is 18.3 Å². The molecule has 0 spiro atoms. The van der Waals surface area contributed by atoms with Crippen LogP contribution >= 0.6 is 12.1 Å². The van der Waals surface area contributed by atoms with Crippen molar-refractivity contribution in [1.29, 1.82) is 0 Å². The van der Waals surface area contributed by atoms with Crippen LogP contribution in [0.5, 0.6) is 0 Å². The van der Waals surface area contributed by atoms with E-state index < -0.39 is 0 Å². The second kappa shape index (κ2) is 8.63. The van der Waals surface area contributed by atoms with Gasteiger partial charge in [-0.05, 0) is 73.7 Å². The van der Waals surface area contributed by atoms with Gasteiger partial charge in [-0.1, -0.05) is 24.3 Å². The molecule has 0 aromatic carbocycles. The van der Waals surface area contributed by atoms with Gasteiger partial charge in [0.15, 0.2) is 13.7 Å². The van der Waals surface area contributed by atoms with Crippen molar-refractivity contribution in [2.45, 2.75) is 44.9 Å². The Morgan fingerprint density at radius 3 is 2.90 bits per heavy atom. The monoisotopic (exact) mass is 419 g/mol. The lowest BCUT2D eigenvalue weighted by Crippen LogP contribution is -2.18. The van der Waals surface area contributed by atoms with E-state index in [4.69, 9.17) is 0 Å². The predicted octanol–water partition coefficient (Wildman–Crippen LogP) is 3.10. The molecule has 2 fully saturated rings. The standard InChI is InChI=1S/C23H30BN5S/c24-21-17-20(8-13-25-21)29-16-15-28(30-29)14-12-23(10-11-23)9-2-4-18-3-1-5-19(7-6-18)22-26-27-22/h1,3,6-8,13,17H,2,4-5,9-12,14-16,24H2,(H,26,27). The molecular formula is C23H30BN5S. The van der Waals surface area contributed by atoms with E-state index in [9.17, 15) is 0 Å². The Bertz CT molecular complexity index is 918. The van der Waals surface area contributed by atoms with Crippen LogP contribution in [-0.4, -0.2) is 42.6 Å². The number of aromatic nitrogens is 1. The van der Waals surface area contributed by atoms with Crippen molar-refractivity contribution in [3.8, 4) is 0 Å². The third-order valence-electron chi connectivity index (χ3n) is 6.65. The summed E-state index contributed by atoms with van der Waals surface area (Å²) in [7, 11) is 2.06. The van der Waals surface area contributed by atoms with Crippen LogP contribution in [0, 0.1) is 5.41 Å². The SMILES string of the molecule is Bc1cc(N2CCN(CCC3(CCCC4=CC=C(C5=NN5)CC=C4)CC3)S2)ccn1. The zero-order valence-corrected chi connectivity index (χ0v) is 18.6. The van der Waals surface area contributed by atoms with Crippen LogP contribution in [0.2, 0.25) is 0 Å². The second-order valence-corrected chi connectivity index (χ2v) is 10.1. The van der Waals surface area contributed by atoms with Crippen LogP contribution in [0.15, 0.2) is 58.9 Å². The minimum atomic E-state index is 0.615. The first-order valence-corrected chi connectivity index (χ1v) is 12.0. The van der Waals surface area contributed by atoms with E-state index in [1.54, 1.807) is 0 Å². The molecule has 1 aromatic heterocycles. The summed E-state index contributed by atoms with van der Waals surface area (Å²) in [5.41, 5.74) is 8.72. The van der Waals surface area contributed by atoms with Gasteiger partial charge in [-0.2, -0.15) is 5.10 Å². The summed E-state index contributed by atoms with van der Waals surface area (Å²) in [6.07, 6.45) is 20.1. The van der Waals surface area contributed by atoms with Gasteiger partial charge in [-0.25, -0.2) is 4.31 Å². The fraction of sp³-hybridized carbons (Fsp3) is 0.478. The smallest absolute Gasteiger partial charge is 0.170 e. The Balaban J connectivity index is 1.05. The number of amidine groups is 1. The van der Waals surface area contributed by atoms with Gasteiger partial charge in [-0.3, -0.25) is 10.4 Å². The van der Waals surface area contributed by atoms with Gasteiger partial charge in [0.1, 0.15) is 0 Å². The first-order valence-electron chi connectivity index (χ1n) is 11.2. The molecule has 3 heterocycles. The minimum Gasteiger partial charge on any atom is -0.302 e. The highest BCUT2D eigenvalue weighted by atomic mass is 32.2. The normalized spacial score (nSPS) is 22.1. The quantitative estimate of drug-likeness (QED) is 0.493. The highest BCUT2D eigenvalue weighted by molar-refractivity contribution is 7.98. The molecule has 0 unspecified atom stereocenters. The molecule has 0 atom stereocenters. The first kappa shape index (κ1) is 19.9. The van der Waals surface area contributed by atoms with Crippen molar-refractivity contribution in [1.82, 2.24) is 14.7 Å². The third-order valence-corrected chi connectivity index (χ3v) is 7.84. The van der Waals surface area contributed by atoms with Gasteiger partial charge in [0.2, 0.25) is 0 Å². The molecule has 30 heavy (non-hydrogen) atoms. The molecule has 1 saturated heterocycles. The van der Waals surface area contributed by atoms with Crippen LogP contribution in [0.3, 0.4) is 0 Å². The Morgan fingerprint density at radius 2 is 2.10 bits per heavy atom. The maximum absolute atomic E-state index is 4.32. The van der Waals surface area contributed by atoms with Gasteiger partial charge in [0.25, 0.3) is 0 Å². The zero-order valence-electron chi connectivity index (χ0n) is 17.8. The Kier molecular flexibility index (Phi) is 5.74. The van der Waals surface area contributed by atoms with Crippen LogP contribution in [0.25, 0.3) is 0 Å². The van der Waals surface area contributed by atoms with Crippen molar-refractivity contribution < 1.29 is 0 Å². The van der Waals surface area contributed by atoms with E-state index in [0.717, 1.165) is 30.9 Å². The van der Waals surface area contributed by atoms with Gasteiger partial charge in [0.05, 0.1) is 5.69 Å². The summed E-state index contributed by atoms with van der Waals surface area (Å²) >= 11 is 1.90. The highest BCUT2D eigenvalue weighted by Crippen LogP contribution is 2.53. The van der Waals surface area contributed by atoms with Crippen molar-refractivity contribution >= 4 is 37.1 Å². The number of nitrogens with one attached hydrogen (secondary N) is 1. The molecule has 156 valence electrons. The largest absolute Gasteiger partial charge is 0.302 e. The molecule has 5 rings (SSSR count). The second-order valence-electron chi connectivity index (χ2n) is 8.98. The van der Waals surface area contributed by atoms with Gasteiger partial charge < -0.3 is 4.31 Å². The minimum absolute atomic E-state index is 0.615. The Morgan fingerprint density at radius 1 is 1.20 bits per heavy atom. The summed E-state index contributed by atoms with van der Waals surface area (Å²) in [6, 6.07) is 4.30. The third kappa shape index (κ3) is 5.01. The van der Waals surface area contributed by atoms with Crippen LogP contribution in [0.4, 0.5) is 5.69 Å². The van der Waals surface area contributed by atoms with E-state index in [1.165, 1.54) is 61.9 Å². The average Bonchev–Trinajstić information content (AvgIpc) is 3.66. The molecule has 5 nitrogen and oxygen atoms in total. The van der Waals surface area contributed by atoms with Crippen molar-refractivity contribution in [3.05, 3.63) is 53.8 Å². The van der Waals surface area contributed by atoms with Gasteiger partial charge in [0, 0.05) is 43.5 Å². The van der Waals surface area contributed by atoms with E-state index in [0.29, 0.717) is 5.41 Å². The molecule has 1 aromatic rings. The van der Waals surface area contributed by atoms with Crippen LogP contribution in [0.1, 0.15) is 44.9 Å². The zero-order chi connectivity index (χ0) is 20.4. The number of nitrogens with zero attached hydrogens (tertiary/aromatic N) is 4. The molecule has 7 heteroatoms. The predicted molar refractivity (Wildman–Crippen MR) is 130 cm³/mol. The molecular weight excluding hydrogens is 389 g/mol. The lowest BCUT2D eigenvalue weighted by Gasteiger charge is -2.21. The lowest BCUT2D eigenvalue weighted by molar-refractivity contribution is 0.363. The average molecular weight is 419 g/mol. The topological polar surface area (TPSA) is 53.7 Å². The van der Waals surface area contributed by atoms with E-state index in [-0.39, 0.29) is 0 Å². The van der Waals surface area contributed by atoms with Gasteiger partial charge >= 0.3 is 0 Å². The fourth-order valence-corrected chi connectivity index (χ4v) is 5.44. The Hall–Kier alpha value is -1.99. The molecule has 2 aliphatic carbocycles. The number of hydrazone groups is 1. The van der Waals surface area contributed by atoms with Crippen LogP contribution in [-0.2, 0) is 0 Å². The van der Waals surface area contributed by atoms with Crippen molar-refractivity contribution in [2.24, 2.45) is 10.5 Å². The summed E-state index contributed by atoms with van der Waals surface area (Å²) in [4.78, 5) is 4.32. The number of pyridine rings is 1. The lowest BCUT2D eigenvalue weighted by atomic mass is 9.93. The molecule has 0 amide bonds. The first-order chi connectivity index (χ1) is 14.7. The van der Waals surface area contributed by atoms with Crippen molar-refractivity contribution in [2.75, 3.05) is 23.9 Å². The summed E-state index contributed by atoms with van der Waals surface area (Å²) in [5, 5.41) is 4.10. The molecule has 2 aliphatic heterocycles. The molecule has 1 saturated carbocycles. The molecule has 4 aliphatic rings. The number of anilines is 1. The fourth-order valence-electron chi connectivity index (χ4n) is 4.45. The van der Waals surface area contributed by atoms with E-state index in [2.05, 4.69) is 68.4 Å².